The van der Waals surface area contributed by atoms with Gasteiger partial charge in [-0.25, -0.2) is 0 Å². The highest BCUT2D eigenvalue weighted by Gasteiger charge is 2.19. The van der Waals surface area contributed by atoms with Crippen molar-refractivity contribution in [1.29, 1.82) is 0 Å². The molecule has 0 radical (unpaired) electrons. The molecule has 1 unspecified atom stereocenters. The van der Waals surface area contributed by atoms with Crippen molar-refractivity contribution in [3.63, 3.8) is 0 Å². The summed E-state index contributed by atoms with van der Waals surface area (Å²) in [5.41, 5.74) is 0. The third-order valence-corrected chi connectivity index (χ3v) is 13.7. The molecule has 6 nitrogen and oxygen atoms in total. The third kappa shape index (κ3) is 67.4. The van der Waals surface area contributed by atoms with Gasteiger partial charge in [0.05, 0.1) is 0 Å². The van der Waals surface area contributed by atoms with Crippen LogP contribution in [0.4, 0.5) is 0 Å². The maximum atomic E-state index is 12.9. The Balaban J connectivity index is 4.39. The molecule has 0 rings (SSSR count). The second kappa shape index (κ2) is 69.3. The summed E-state index contributed by atoms with van der Waals surface area (Å²) < 4.78 is 16.9. The lowest BCUT2D eigenvalue weighted by atomic mass is 10.0. The number of ether oxygens (including phenoxy) is 3. The summed E-state index contributed by atoms with van der Waals surface area (Å²) in [5, 5.41) is 0. The van der Waals surface area contributed by atoms with Crippen molar-refractivity contribution in [1.82, 2.24) is 0 Å². The van der Waals surface area contributed by atoms with E-state index in [1.165, 1.54) is 77.0 Å². The summed E-state index contributed by atoms with van der Waals surface area (Å²) in [6.07, 6.45) is 102. The highest BCUT2D eigenvalue weighted by atomic mass is 16.6. The SMILES string of the molecule is CC/C=C\C/C=C\C/C=C\C/C=C\C/C=C\C/C=C\C/C=C\CCCCCCCCCC(=O)OCC(COC(=O)CCCCC/C=C\C/C=C\C/C=C\CC)OC(=O)CCCCCCCCCCCC/C=C\C/C=C\C/C=C\C/C=C\CC. The summed E-state index contributed by atoms with van der Waals surface area (Å²) in [5.74, 6) is -0.948. The van der Waals surface area contributed by atoms with Crippen molar-refractivity contribution in [3.8, 4) is 0 Å². The van der Waals surface area contributed by atoms with Crippen molar-refractivity contribution < 1.29 is 28.6 Å². The van der Waals surface area contributed by atoms with Gasteiger partial charge in [-0.15, -0.1) is 0 Å². The molecule has 0 fully saturated rings. The van der Waals surface area contributed by atoms with Crippen LogP contribution in [-0.4, -0.2) is 37.2 Å². The van der Waals surface area contributed by atoms with E-state index in [4.69, 9.17) is 14.2 Å². The maximum Gasteiger partial charge on any atom is 0.306 e. The van der Waals surface area contributed by atoms with Crippen LogP contribution in [0, 0.1) is 0 Å². The predicted molar refractivity (Wildman–Crippen MR) is 361 cm³/mol. The van der Waals surface area contributed by atoms with Crippen LogP contribution >= 0.6 is 0 Å². The maximum absolute atomic E-state index is 12.9. The number of carbonyl (C=O) groups is 3. The van der Waals surface area contributed by atoms with Crippen molar-refractivity contribution >= 4 is 17.9 Å². The van der Waals surface area contributed by atoms with Crippen LogP contribution in [0.15, 0.2) is 170 Å². The average Bonchev–Trinajstić information content (AvgIpc) is 3.49. The molecular formula is C77H122O6. The third-order valence-electron chi connectivity index (χ3n) is 13.7. The zero-order chi connectivity index (χ0) is 59.9. The molecule has 0 aliphatic carbocycles. The van der Waals surface area contributed by atoms with Crippen LogP contribution in [0.1, 0.15) is 278 Å². The van der Waals surface area contributed by atoms with Crippen molar-refractivity contribution in [2.24, 2.45) is 0 Å². The van der Waals surface area contributed by atoms with Crippen molar-refractivity contribution in [2.45, 2.75) is 284 Å². The molecule has 0 saturated carbocycles. The summed E-state index contributed by atoms with van der Waals surface area (Å²) in [4.78, 5) is 38.4. The van der Waals surface area contributed by atoms with Crippen LogP contribution in [-0.2, 0) is 28.6 Å². The molecule has 0 bridgehead atoms. The molecule has 1 atom stereocenters. The van der Waals surface area contributed by atoms with Crippen LogP contribution in [0.5, 0.6) is 0 Å². The van der Waals surface area contributed by atoms with Gasteiger partial charge in [-0.1, -0.05) is 281 Å². The van der Waals surface area contributed by atoms with Crippen molar-refractivity contribution in [3.05, 3.63) is 170 Å². The Morgan fingerprint density at radius 2 is 0.434 bits per heavy atom. The predicted octanol–water partition coefficient (Wildman–Crippen LogP) is 23.4. The number of allylic oxidation sites excluding steroid dienone is 28. The zero-order valence-corrected chi connectivity index (χ0v) is 53.4. The quantitative estimate of drug-likeness (QED) is 0.0261. The monoisotopic (exact) mass is 1140 g/mol. The Morgan fingerprint density at radius 3 is 0.687 bits per heavy atom. The van der Waals surface area contributed by atoms with Crippen molar-refractivity contribution in [2.75, 3.05) is 13.2 Å². The lowest BCUT2D eigenvalue weighted by Crippen LogP contribution is -2.30. The average molecular weight is 1140 g/mol. The van der Waals surface area contributed by atoms with Gasteiger partial charge in [0.2, 0.25) is 0 Å². The first-order valence-electron chi connectivity index (χ1n) is 33.6. The van der Waals surface area contributed by atoms with Gasteiger partial charge in [0.25, 0.3) is 0 Å². The number of esters is 3. The lowest BCUT2D eigenvalue weighted by Gasteiger charge is -2.18. The van der Waals surface area contributed by atoms with Crippen LogP contribution < -0.4 is 0 Å². The first-order valence-corrected chi connectivity index (χ1v) is 33.6. The van der Waals surface area contributed by atoms with E-state index in [9.17, 15) is 14.4 Å². The van der Waals surface area contributed by atoms with Gasteiger partial charge in [0, 0.05) is 19.3 Å². The fraction of sp³-hybridized carbons (Fsp3) is 0.597. The van der Waals surface area contributed by atoms with Gasteiger partial charge in [0.15, 0.2) is 6.10 Å². The minimum atomic E-state index is -0.808. The summed E-state index contributed by atoms with van der Waals surface area (Å²) in [6, 6.07) is 0. The van der Waals surface area contributed by atoms with Crippen LogP contribution in [0.2, 0.25) is 0 Å². The van der Waals surface area contributed by atoms with E-state index in [-0.39, 0.29) is 31.1 Å². The lowest BCUT2D eigenvalue weighted by molar-refractivity contribution is -0.167. The molecule has 0 aromatic rings. The number of hydrogen-bond donors (Lipinski definition) is 0. The Labute approximate surface area is 511 Å². The number of hydrogen-bond acceptors (Lipinski definition) is 6. The van der Waals surface area contributed by atoms with E-state index >= 15 is 0 Å². The van der Waals surface area contributed by atoms with E-state index in [0.717, 1.165) is 161 Å². The van der Waals surface area contributed by atoms with Gasteiger partial charge in [-0.2, -0.15) is 0 Å². The molecule has 6 heteroatoms. The highest BCUT2D eigenvalue weighted by molar-refractivity contribution is 5.71. The highest BCUT2D eigenvalue weighted by Crippen LogP contribution is 2.15. The molecule has 0 N–H and O–H groups in total. The van der Waals surface area contributed by atoms with Crippen LogP contribution in [0.3, 0.4) is 0 Å². The molecule has 0 amide bonds. The smallest absolute Gasteiger partial charge is 0.306 e. The first-order chi connectivity index (χ1) is 41.0. The fourth-order valence-corrected chi connectivity index (χ4v) is 8.78. The topological polar surface area (TPSA) is 78.9 Å². The standard InChI is InChI=1S/C77H122O6/c1-4-7-10-13-16-19-22-25-27-29-31-33-35-36-37-38-39-40-42-43-45-47-49-52-55-58-61-64-67-70-76(79)82-73-74(72-81-75(78)69-66-63-60-57-54-51-24-21-18-15-12-9-6-3)83-77(80)71-68-65-62-59-56-53-50-48-46-44-41-34-32-30-28-26-23-20-17-14-11-8-5-2/h7-12,16-21,25-28,31-34,36-37,39-40,43,45,51,54,74H,4-6,13-15,22-24,29-30,35,38,41-42,44,46-50,52-53,55-73H2,1-3H3/b10-7-,11-8-,12-9-,19-16-,20-17-,21-18-,27-25-,28-26-,33-31-,34-32-,37-36-,40-39-,45-43-,54-51-. The summed E-state index contributed by atoms with van der Waals surface area (Å²) in [6.45, 7) is 6.26. The fourth-order valence-electron chi connectivity index (χ4n) is 8.78. The van der Waals surface area contributed by atoms with Gasteiger partial charge in [0.1, 0.15) is 13.2 Å². The Kier molecular flexibility index (Phi) is 64.9. The molecule has 0 aromatic heterocycles. The summed E-state index contributed by atoms with van der Waals surface area (Å²) >= 11 is 0. The van der Waals surface area contributed by atoms with E-state index in [0.29, 0.717) is 19.3 Å². The molecular weight excluding hydrogens is 1020 g/mol. The van der Waals surface area contributed by atoms with E-state index < -0.39 is 6.10 Å². The van der Waals surface area contributed by atoms with E-state index in [2.05, 4.69) is 191 Å². The minimum Gasteiger partial charge on any atom is -0.462 e. The molecule has 0 spiro atoms. The van der Waals surface area contributed by atoms with Crippen LogP contribution in [0.25, 0.3) is 0 Å². The molecule has 83 heavy (non-hydrogen) atoms. The van der Waals surface area contributed by atoms with E-state index in [1.54, 1.807) is 0 Å². The zero-order valence-electron chi connectivity index (χ0n) is 53.4. The molecule has 0 heterocycles. The molecule has 466 valence electrons. The molecule has 0 aliphatic heterocycles. The number of unbranched alkanes of at least 4 members (excludes halogenated alkanes) is 20. The second-order valence-corrected chi connectivity index (χ2v) is 21.6. The largest absolute Gasteiger partial charge is 0.462 e. The molecule has 0 aliphatic rings. The minimum absolute atomic E-state index is 0.102. The van der Waals surface area contributed by atoms with Gasteiger partial charge < -0.3 is 14.2 Å². The Bertz CT molecular complexity index is 1890. The first kappa shape index (κ1) is 77.8. The second-order valence-electron chi connectivity index (χ2n) is 21.6. The number of carbonyl (C=O) groups excluding carboxylic acids is 3. The van der Waals surface area contributed by atoms with Gasteiger partial charge in [-0.3, -0.25) is 14.4 Å². The Morgan fingerprint density at radius 1 is 0.241 bits per heavy atom. The normalized spacial score (nSPS) is 13.2. The summed E-state index contributed by atoms with van der Waals surface area (Å²) in [7, 11) is 0. The van der Waals surface area contributed by atoms with Gasteiger partial charge >= 0.3 is 17.9 Å². The van der Waals surface area contributed by atoms with E-state index in [1.807, 2.05) is 0 Å². The Hall–Kier alpha value is -5.23. The van der Waals surface area contributed by atoms with Gasteiger partial charge in [-0.05, 0) is 148 Å². The molecule has 0 saturated heterocycles. The molecule has 0 aromatic carbocycles. The number of rotatable bonds is 59.